The smallest absolute Gasteiger partial charge is 0.232 e. The van der Waals surface area contributed by atoms with Crippen LogP contribution in [0.3, 0.4) is 0 Å². The zero-order valence-electron chi connectivity index (χ0n) is 10.7. The molecule has 0 fully saturated rings. The van der Waals surface area contributed by atoms with Crippen LogP contribution in [-0.2, 0) is 9.84 Å². The minimum absolute atomic E-state index is 0.0629. The van der Waals surface area contributed by atoms with Crippen molar-refractivity contribution in [3.8, 4) is 10.7 Å². The molecule has 0 atom stereocenters. The molecule has 0 unspecified atom stereocenters. The second-order valence-corrected chi connectivity index (χ2v) is 8.64. The number of hydrogen-bond acceptors (Lipinski definition) is 7. The second kappa shape index (κ2) is 4.33. The third-order valence-electron chi connectivity index (χ3n) is 2.90. The monoisotopic (exact) mass is 336 g/mol. The van der Waals surface area contributed by atoms with Gasteiger partial charge in [0.05, 0.1) is 16.4 Å². The lowest BCUT2D eigenvalue weighted by Crippen LogP contribution is -1.98. The zero-order chi connectivity index (χ0) is 14.6. The Hall–Kier alpha value is -1.84. The molecule has 0 amide bonds. The first kappa shape index (κ1) is 12.9. The highest BCUT2D eigenvalue weighted by Gasteiger charge is 2.19. The van der Waals surface area contributed by atoms with Crippen LogP contribution in [0, 0.1) is 0 Å². The number of imidazole rings is 1. The molecule has 3 aromatic heterocycles. The third kappa shape index (κ3) is 2.04. The molecule has 4 rings (SSSR count). The van der Waals surface area contributed by atoms with Gasteiger partial charge in [0, 0.05) is 6.26 Å². The Kier molecular flexibility index (Phi) is 2.65. The Balaban J connectivity index is 1.95. The number of nitrogens with zero attached hydrogens (tertiary/aromatic N) is 4. The maximum absolute atomic E-state index is 11.6. The fourth-order valence-corrected chi connectivity index (χ4v) is 4.58. The summed E-state index contributed by atoms with van der Waals surface area (Å²) in [6.45, 7) is 0. The standard InChI is InChI=1S/C12H8N4O2S3/c1-21(17,18)12-15-16-8(6-13-11(16)20-12)10-14-7-4-2-3-5-9(7)19-10/h2-6H,1H3. The quantitative estimate of drug-likeness (QED) is 0.562. The van der Waals surface area contributed by atoms with E-state index in [1.54, 1.807) is 10.7 Å². The van der Waals surface area contributed by atoms with Crippen LogP contribution in [0.5, 0.6) is 0 Å². The average molecular weight is 336 g/mol. The first-order valence-electron chi connectivity index (χ1n) is 5.93. The van der Waals surface area contributed by atoms with E-state index < -0.39 is 9.84 Å². The first-order chi connectivity index (χ1) is 10.0. The van der Waals surface area contributed by atoms with Crippen molar-refractivity contribution in [3.63, 3.8) is 0 Å². The van der Waals surface area contributed by atoms with Crippen LogP contribution in [0.1, 0.15) is 0 Å². The van der Waals surface area contributed by atoms with Crippen LogP contribution in [0.2, 0.25) is 0 Å². The van der Waals surface area contributed by atoms with E-state index in [0.717, 1.165) is 32.8 Å². The van der Waals surface area contributed by atoms with Gasteiger partial charge in [0.15, 0.2) is 0 Å². The summed E-state index contributed by atoms with van der Waals surface area (Å²) in [6, 6.07) is 7.83. The second-order valence-electron chi connectivity index (χ2n) is 4.46. The van der Waals surface area contributed by atoms with Crippen molar-refractivity contribution in [2.45, 2.75) is 4.34 Å². The molecule has 0 bridgehead atoms. The van der Waals surface area contributed by atoms with Gasteiger partial charge in [-0.3, -0.25) is 0 Å². The van der Waals surface area contributed by atoms with Crippen molar-refractivity contribution >= 4 is 47.7 Å². The molecule has 106 valence electrons. The molecule has 0 aliphatic rings. The van der Waals surface area contributed by atoms with Crippen molar-refractivity contribution in [2.75, 3.05) is 6.26 Å². The summed E-state index contributed by atoms with van der Waals surface area (Å²) < 4.78 is 25.8. The van der Waals surface area contributed by atoms with E-state index in [2.05, 4.69) is 15.1 Å². The molecule has 9 heteroatoms. The van der Waals surface area contributed by atoms with Gasteiger partial charge in [-0.15, -0.1) is 16.4 Å². The van der Waals surface area contributed by atoms with Gasteiger partial charge in [-0.2, -0.15) is 4.52 Å². The van der Waals surface area contributed by atoms with Crippen molar-refractivity contribution in [3.05, 3.63) is 30.5 Å². The van der Waals surface area contributed by atoms with E-state index in [1.807, 2.05) is 24.3 Å². The highest BCUT2D eigenvalue weighted by atomic mass is 32.2. The highest BCUT2D eigenvalue weighted by molar-refractivity contribution is 7.92. The summed E-state index contributed by atoms with van der Waals surface area (Å²) >= 11 is 2.59. The maximum Gasteiger partial charge on any atom is 0.232 e. The van der Waals surface area contributed by atoms with Crippen molar-refractivity contribution < 1.29 is 8.42 Å². The highest BCUT2D eigenvalue weighted by Crippen LogP contribution is 2.31. The fourth-order valence-electron chi connectivity index (χ4n) is 1.95. The summed E-state index contributed by atoms with van der Waals surface area (Å²) in [5.41, 5.74) is 1.61. The molecule has 4 aromatic rings. The number of para-hydroxylation sites is 1. The van der Waals surface area contributed by atoms with Crippen molar-refractivity contribution in [2.24, 2.45) is 0 Å². The number of hydrogen-bond donors (Lipinski definition) is 0. The molecule has 0 N–H and O–H groups in total. The molecule has 0 saturated heterocycles. The van der Waals surface area contributed by atoms with Crippen molar-refractivity contribution in [1.29, 1.82) is 0 Å². The third-order valence-corrected chi connectivity index (χ3v) is 6.55. The van der Waals surface area contributed by atoms with E-state index in [-0.39, 0.29) is 4.34 Å². The summed E-state index contributed by atoms with van der Waals surface area (Å²) in [5.74, 6) is 0. The fraction of sp³-hybridized carbons (Fsp3) is 0.0833. The van der Waals surface area contributed by atoms with Crippen molar-refractivity contribution in [1.82, 2.24) is 19.6 Å². The van der Waals surface area contributed by atoms with Crippen LogP contribution in [0.4, 0.5) is 0 Å². The van der Waals surface area contributed by atoms with Crippen LogP contribution < -0.4 is 0 Å². The Morgan fingerprint density at radius 3 is 2.76 bits per heavy atom. The Labute approximate surface area is 127 Å². The lowest BCUT2D eigenvalue weighted by molar-refractivity contribution is 0.599. The Morgan fingerprint density at radius 1 is 1.19 bits per heavy atom. The number of aromatic nitrogens is 4. The molecule has 0 saturated carbocycles. The maximum atomic E-state index is 11.6. The van der Waals surface area contributed by atoms with Crippen LogP contribution in [-0.4, -0.2) is 34.3 Å². The number of sulfone groups is 1. The van der Waals surface area contributed by atoms with Gasteiger partial charge in [0.2, 0.25) is 19.1 Å². The molecule has 21 heavy (non-hydrogen) atoms. The molecule has 6 nitrogen and oxygen atoms in total. The summed E-state index contributed by atoms with van der Waals surface area (Å²) in [5, 5.41) is 4.91. The van der Waals surface area contributed by atoms with E-state index in [9.17, 15) is 8.42 Å². The van der Waals surface area contributed by atoms with Gasteiger partial charge in [0.25, 0.3) is 0 Å². The van der Waals surface area contributed by atoms with Gasteiger partial charge >= 0.3 is 0 Å². The average Bonchev–Trinajstić information content (AvgIpc) is 3.10. The lowest BCUT2D eigenvalue weighted by atomic mass is 10.3. The summed E-state index contributed by atoms with van der Waals surface area (Å²) in [6.07, 6.45) is 2.81. The summed E-state index contributed by atoms with van der Waals surface area (Å²) in [4.78, 5) is 9.32. The predicted molar refractivity (Wildman–Crippen MR) is 82.6 cm³/mol. The molecule has 0 radical (unpaired) electrons. The lowest BCUT2D eigenvalue weighted by Gasteiger charge is -1.91. The van der Waals surface area contributed by atoms with Crippen LogP contribution in [0.15, 0.2) is 34.8 Å². The van der Waals surface area contributed by atoms with Gasteiger partial charge < -0.3 is 0 Å². The SMILES string of the molecule is CS(=O)(=O)c1nn2c(-c3nc4ccccc4s3)cnc2s1. The molecule has 0 spiro atoms. The number of rotatable bonds is 2. The Bertz CT molecular complexity index is 1040. The first-order valence-corrected chi connectivity index (χ1v) is 9.45. The number of thiazole rings is 1. The molecular formula is C12H8N4O2S3. The molecule has 0 aliphatic carbocycles. The van der Waals surface area contributed by atoms with Gasteiger partial charge in [0.1, 0.15) is 10.7 Å². The summed E-state index contributed by atoms with van der Waals surface area (Å²) in [7, 11) is -3.33. The zero-order valence-corrected chi connectivity index (χ0v) is 13.2. The van der Waals surface area contributed by atoms with E-state index in [1.165, 1.54) is 11.3 Å². The van der Waals surface area contributed by atoms with Crippen LogP contribution in [0.25, 0.3) is 25.9 Å². The van der Waals surface area contributed by atoms with E-state index >= 15 is 0 Å². The minimum atomic E-state index is -3.33. The Morgan fingerprint density at radius 2 is 2.00 bits per heavy atom. The van der Waals surface area contributed by atoms with Gasteiger partial charge in [-0.25, -0.2) is 18.4 Å². The van der Waals surface area contributed by atoms with Gasteiger partial charge in [-0.05, 0) is 12.1 Å². The van der Waals surface area contributed by atoms with E-state index in [4.69, 9.17) is 0 Å². The predicted octanol–water partition coefficient (Wildman–Crippen LogP) is 2.47. The van der Waals surface area contributed by atoms with Gasteiger partial charge in [-0.1, -0.05) is 23.5 Å². The molecule has 0 aliphatic heterocycles. The number of benzene rings is 1. The minimum Gasteiger partial charge on any atom is -0.234 e. The number of fused-ring (bicyclic) bond motifs is 2. The largest absolute Gasteiger partial charge is 0.234 e. The molecule has 1 aromatic carbocycles. The van der Waals surface area contributed by atoms with E-state index in [0.29, 0.717) is 10.7 Å². The topological polar surface area (TPSA) is 77.2 Å². The normalized spacial score (nSPS) is 12.4. The molecular weight excluding hydrogens is 328 g/mol. The van der Waals surface area contributed by atoms with Crippen LogP contribution >= 0.6 is 22.7 Å². The molecule has 3 heterocycles.